The third-order valence-electron chi connectivity index (χ3n) is 6.09. The summed E-state index contributed by atoms with van der Waals surface area (Å²) in [4.78, 5) is 28.0. The Kier molecular flexibility index (Phi) is 6.64. The highest BCUT2D eigenvalue weighted by Gasteiger charge is 2.35. The number of rotatable bonds is 5. The molecule has 4 rings (SSSR count). The molecule has 0 aromatic heterocycles. The molecular formula is C27H27FN2O2. The second-order valence-electron chi connectivity index (χ2n) is 8.42. The van der Waals surface area contributed by atoms with Crippen molar-refractivity contribution in [3.63, 3.8) is 0 Å². The smallest absolute Gasteiger partial charge is 0.253 e. The molecular weight excluding hydrogens is 403 g/mol. The number of aryl methyl sites for hydroxylation is 1. The van der Waals surface area contributed by atoms with Gasteiger partial charge in [-0.2, -0.15) is 0 Å². The molecule has 5 heteroatoms. The van der Waals surface area contributed by atoms with Crippen LogP contribution in [0.5, 0.6) is 0 Å². The van der Waals surface area contributed by atoms with Crippen molar-refractivity contribution >= 4 is 11.8 Å². The van der Waals surface area contributed by atoms with Crippen molar-refractivity contribution in [2.24, 2.45) is 5.92 Å². The number of carbonyl (C=O) groups excluding carboxylic acids is 2. The minimum absolute atomic E-state index is 0.0387. The third-order valence-corrected chi connectivity index (χ3v) is 6.09. The van der Waals surface area contributed by atoms with Crippen LogP contribution in [0.4, 0.5) is 4.39 Å². The topological polar surface area (TPSA) is 49.4 Å². The summed E-state index contributed by atoms with van der Waals surface area (Å²) in [6.45, 7) is 3.05. The molecule has 2 amide bonds. The van der Waals surface area contributed by atoms with Crippen molar-refractivity contribution in [3.05, 3.63) is 107 Å². The molecule has 2 atom stereocenters. The average molecular weight is 431 g/mol. The Bertz CT molecular complexity index is 1090. The van der Waals surface area contributed by atoms with Gasteiger partial charge in [-0.1, -0.05) is 60.7 Å². The van der Waals surface area contributed by atoms with Crippen LogP contribution in [0.25, 0.3) is 0 Å². The second kappa shape index (κ2) is 9.77. The Hall–Kier alpha value is -3.47. The number of nitrogens with zero attached hydrogens (tertiary/aromatic N) is 1. The number of hydrogen-bond acceptors (Lipinski definition) is 2. The van der Waals surface area contributed by atoms with Gasteiger partial charge in [0.2, 0.25) is 5.91 Å². The van der Waals surface area contributed by atoms with Crippen molar-refractivity contribution in [3.8, 4) is 0 Å². The fourth-order valence-corrected chi connectivity index (χ4v) is 4.31. The van der Waals surface area contributed by atoms with Gasteiger partial charge in [0.15, 0.2) is 0 Å². The average Bonchev–Trinajstić information content (AvgIpc) is 2.84. The zero-order chi connectivity index (χ0) is 22.5. The number of carbonyl (C=O) groups is 2. The Balaban J connectivity index is 1.55. The molecule has 0 aliphatic carbocycles. The largest absolute Gasteiger partial charge is 0.352 e. The fourth-order valence-electron chi connectivity index (χ4n) is 4.31. The van der Waals surface area contributed by atoms with Crippen LogP contribution < -0.4 is 5.32 Å². The van der Waals surface area contributed by atoms with Gasteiger partial charge in [0.25, 0.3) is 5.91 Å². The van der Waals surface area contributed by atoms with E-state index in [-0.39, 0.29) is 29.5 Å². The number of halogens is 1. The van der Waals surface area contributed by atoms with E-state index in [2.05, 4.69) is 5.32 Å². The minimum Gasteiger partial charge on any atom is -0.352 e. The van der Waals surface area contributed by atoms with Crippen molar-refractivity contribution in [1.29, 1.82) is 0 Å². The number of hydrogen-bond donors (Lipinski definition) is 1. The molecule has 3 aromatic rings. The molecule has 4 nitrogen and oxygen atoms in total. The first kappa shape index (κ1) is 21.8. The highest BCUT2D eigenvalue weighted by molar-refractivity contribution is 5.94. The molecule has 32 heavy (non-hydrogen) atoms. The summed E-state index contributed by atoms with van der Waals surface area (Å²) in [6, 6.07) is 23.9. The summed E-state index contributed by atoms with van der Waals surface area (Å²) >= 11 is 0. The van der Waals surface area contributed by atoms with Crippen molar-refractivity contribution in [1.82, 2.24) is 10.2 Å². The van der Waals surface area contributed by atoms with Crippen LogP contribution >= 0.6 is 0 Å². The summed E-state index contributed by atoms with van der Waals surface area (Å²) < 4.78 is 13.8. The molecule has 1 heterocycles. The predicted molar refractivity (Wildman–Crippen MR) is 123 cm³/mol. The maximum atomic E-state index is 13.8. The maximum Gasteiger partial charge on any atom is 0.253 e. The van der Waals surface area contributed by atoms with Gasteiger partial charge in [-0.05, 0) is 48.2 Å². The van der Waals surface area contributed by atoms with Gasteiger partial charge in [-0.25, -0.2) is 4.39 Å². The number of nitrogens with one attached hydrogen (secondary N) is 1. The molecule has 1 aliphatic rings. The lowest BCUT2D eigenvalue weighted by molar-refractivity contribution is -0.126. The number of piperidine rings is 1. The second-order valence-corrected chi connectivity index (χ2v) is 8.42. The summed E-state index contributed by atoms with van der Waals surface area (Å²) in [5.41, 5.74) is 3.15. The fraction of sp³-hybridized carbons (Fsp3) is 0.259. The van der Waals surface area contributed by atoms with E-state index < -0.39 is 0 Å². The summed E-state index contributed by atoms with van der Waals surface area (Å²) in [5.74, 6) is -0.782. The van der Waals surface area contributed by atoms with Crippen molar-refractivity contribution < 1.29 is 14.0 Å². The zero-order valence-electron chi connectivity index (χ0n) is 18.1. The Labute approximate surface area is 188 Å². The number of likely N-dealkylation sites (tertiary alicyclic amines) is 1. The van der Waals surface area contributed by atoms with E-state index in [0.29, 0.717) is 37.2 Å². The molecule has 3 aromatic carbocycles. The molecule has 164 valence electrons. The summed E-state index contributed by atoms with van der Waals surface area (Å²) in [5, 5.41) is 3.02. The standard InChI is InChI=1S/C27H27FN2O2/c1-19-14-22(12-13-25(19)28)23-15-24(26(31)29-16-20-8-4-2-5-9-20)18-30(17-23)27(32)21-10-6-3-7-11-21/h2-14,23-24H,15-18H2,1H3,(H,29,31)/t23-,24+/m0/s1. The first-order valence-corrected chi connectivity index (χ1v) is 10.9. The minimum atomic E-state index is -0.338. The number of benzene rings is 3. The van der Waals surface area contributed by atoms with E-state index in [0.717, 1.165) is 11.1 Å². The van der Waals surface area contributed by atoms with E-state index in [1.54, 1.807) is 30.0 Å². The van der Waals surface area contributed by atoms with E-state index in [4.69, 9.17) is 0 Å². The molecule has 1 N–H and O–H groups in total. The molecule has 0 spiro atoms. The van der Waals surface area contributed by atoms with E-state index in [1.165, 1.54) is 6.07 Å². The maximum absolute atomic E-state index is 13.8. The first-order chi connectivity index (χ1) is 15.5. The molecule has 0 bridgehead atoms. The Morgan fingerprint density at radius 3 is 2.34 bits per heavy atom. The lowest BCUT2D eigenvalue weighted by Crippen LogP contribution is -2.48. The zero-order valence-corrected chi connectivity index (χ0v) is 18.1. The Morgan fingerprint density at radius 1 is 0.969 bits per heavy atom. The quantitative estimate of drug-likeness (QED) is 0.638. The van der Waals surface area contributed by atoms with Crippen molar-refractivity contribution in [2.75, 3.05) is 13.1 Å². The van der Waals surface area contributed by atoms with Gasteiger partial charge in [0, 0.05) is 31.1 Å². The molecule has 0 unspecified atom stereocenters. The molecule has 1 saturated heterocycles. The van der Waals surface area contributed by atoms with Gasteiger partial charge in [0.05, 0.1) is 5.92 Å². The Morgan fingerprint density at radius 2 is 1.66 bits per heavy atom. The van der Waals surface area contributed by atoms with Crippen LogP contribution in [-0.2, 0) is 11.3 Å². The van der Waals surface area contributed by atoms with Crippen LogP contribution in [0, 0.1) is 18.7 Å². The van der Waals surface area contributed by atoms with Gasteiger partial charge >= 0.3 is 0 Å². The van der Waals surface area contributed by atoms with Gasteiger partial charge in [-0.3, -0.25) is 9.59 Å². The third kappa shape index (κ3) is 5.05. The van der Waals surface area contributed by atoms with Crippen LogP contribution in [-0.4, -0.2) is 29.8 Å². The van der Waals surface area contributed by atoms with Gasteiger partial charge < -0.3 is 10.2 Å². The van der Waals surface area contributed by atoms with Crippen LogP contribution in [0.1, 0.15) is 39.4 Å². The van der Waals surface area contributed by atoms with Crippen LogP contribution in [0.15, 0.2) is 78.9 Å². The summed E-state index contributed by atoms with van der Waals surface area (Å²) in [6.07, 6.45) is 0.615. The summed E-state index contributed by atoms with van der Waals surface area (Å²) in [7, 11) is 0. The lowest BCUT2D eigenvalue weighted by Gasteiger charge is -2.37. The van der Waals surface area contributed by atoms with Gasteiger partial charge in [0.1, 0.15) is 5.82 Å². The van der Waals surface area contributed by atoms with Crippen molar-refractivity contribution in [2.45, 2.75) is 25.8 Å². The molecule has 0 radical (unpaired) electrons. The van der Waals surface area contributed by atoms with E-state index in [1.807, 2.05) is 54.6 Å². The normalized spacial score (nSPS) is 18.2. The molecule has 1 aliphatic heterocycles. The lowest BCUT2D eigenvalue weighted by atomic mass is 9.83. The van der Waals surface area contributed by atoms with E-state index >= 15 is 0 Å². The highest BCUT2D eigenvalue weighted by Crippen LogP contribution is 2.32. The molecule has 0 saturated carbocycles. The van der Waals surface area contributed by atoms with Crippen LogP contribution in [0.3, 0.4) is 0 Å². The first-order valence-electron chi connectivity index (χ1n) is 10.9. The monoisotopic (exact) mass is 430 g/mol. The molecule has 1 fully saturated rings. The highest BCUT2D eigenvalue weighted by atomic mass is 19.1. The van der Waals surface area contributed by atoms with Gasteiger partial charge in [-0.15, -0.1) is 0 Å². The van der Waals surface area contributed by atoms with E-state index in [9.17, 15) is 14.0 Å². The van der Waals surface area contributed by atoms with Crippen LogP contribution in [0.2, 0.25) is 0 Å². The predicted octanol–water partition coefficient (Wildman–Crippen LogP) is 4.70. The SMILES string of the molecule is Cc1cc([C@H]2C[C@@H](C(=O)NCc3ccccc3)CN(C(=O)c3ccccc3)C2)ccc1F. The number of amides is 2.